The van der Waals surface area contributed by atoms with Crippen LogP contribution in [0.4, 0.5) is 0 Å². The number of carbonyl (C=O) groups excluding carboxylic acids is 1. The Morgan fingerprint density at radius 3 is 2.95 bits per heavy atom. The molecule has 0 aliphatic heterocycles. The second kappa shape index (κ2) is 5.67. The molecule has 1 heterocycles. The number of likely N-dealkylation sites (N-methyl/N-ethyl adjacent to an activating group) is 1. The van der Waals surface area contributed by atoms with Gasteiger partial charge in [-0.3, -0.25) is 4.79 Å². The van der Waals surface area contributed by atoms with E-state index in [4.69, 9.17) is 10.2 Å². The van der Waals surface area contributed by atoms with Gasteiger partial charge < -0.3 is 15.1 Å². The van der Waals surface area contributed by atoms with E-state index in [1.54, 1.807) is 11.9 Å². The van der Waals surface area contributed by atoms with Crippen molar-refractivity contribution < 1.29 is 9.21 Å². The quantitative estimate of drug-likeness (QED) is 0.928. The SMILES string of the molecule is CC1CCCC(N)(C(=O)N(C)Cc2ccc(Br)o2)C1. The van der Waals surface area contributed by atoms with Crippen LogP contribution in [0.15, 0.2) is 21.2 Å². The molecular weight excluding hydrogens is 308 g/mol. The fourth-order valence-corrected chi connectivity index (χ4v) is 3.25. The van der Waals surface area contributed by atoms with Crippen LogP contribution < -0.4 is 5.73 Å². The van der Waals surface area contributed by atoms with Crippen LogP contribution in [0.2, 0.25) is 0 Å². The molecule has 2 rings (SSSR count). The topological polar surface area (TPSA) is 59.5 Å². The minimum atomic E-state index is -0.698. The highest BCUT2D eigenvalue weighted by molar-refractivity contribution is 9.10. The summed E-state index contributed by atoms with van der Waals surface area (Å²) in [4.78, 5) is 14.2. The highest BCUT2D eigenvalue weighted by Gasteiger charge is 2.39. The lowest BCUT2D eigenvalue weighted by Gasteiger charge is -2.37. The van der Waals surface area contributed by atoms with E-state index in [9.17, 15) is 4.79 Å². The van der Waals surface area contributed by atoms with Crippen molar-refractivity contribution in [3.63, 3.8) is 0 Å². The van der Waals surface area contributed by atoms with E-state index in [0.29, 0.717) is 17.1 Å². The summed E-state index contributed by atoms with van der Waals surface area (Å²) in [5.74, 6) is 1.30. The summed E-state index contributed by atoms with van der Waals surface area (Å²) in [5, 5.41) is 0. The van der Waals surface area contributed by atoms with Gasteiger partial charge in [0.1, 0.15) is 5.76 Å². The highest BCUT2D eigenvalue weighted by atomic mass is 79.9. The van der Waals surface area contributed by atoms with Gasteiger partial charge in [-0.15, -0.1) is 0 Å². The lowest BCUT2D eigenvalue weighted by molar-refractivity contribution is -0.138. The molecule has 106 valence electrons. The van der Waals surface area contributed by atoms with E-state index in [2.05, 4.69) is 22.9 Å². The van der Waals surface area contributed by atoms with E-state index in [1.807, 2.05) is 12.1 Å². The zero-order chi connectivity index (χ0) is 14.0. The number of hydrogen-bond acceptors (Lipinski definition) is 3. The standard InChI is InChI=1S/C14H21BrN2O2/c1-10-4-3-7-14(16,8-10)13(18)17(2)9-11-5-6-12(15)19-11/h5-6,10H,3-4,7-9,16H2,1-2H3. The van der Waals surface area contributed by atoms with E-state index in [0.717, 1.165) is 25.0 Å². The Hall–Kier alpha value is -0.810. The van der Waals surface area contributed by atoms with Gasteiger partial charge in [0.25, 0.3) is 0 Å². The van der Waals surface area contributed by atoms with E-state index in [-0.39, 0.29) is 5.91 Å². The van der Waals surface area contributed by atoms with Crippen molar-refractivity contribution in [1.29, 1.82) is 0 Å². The molecule has 0 radical (unpaired) electrons. The Morgan fingerprint density at radius 2 is 2.37 bits per heavy atom. The molecular formula is C14H21BrN2O2. The molecule has 1 aliphatic rings. The molecule has 1 aromatic rings. The summed E-state index contributed by atoms with van der Waals surface area (Å²) in [5.41, 5.74) is 5.62. The predicted octanol–water partition coefficient (Wildman–Crippen LogP) is 2.91. The van der Waals surface area contributed by atoms with Crippen molar-refractivity contribution in [3.8, 4) is 0 Å². The molecule has 2 atom stereocenters. The molecule has 1 saturated carbocycles. The summed E-state index contributed by atoms with van der Waals surface area (Å²) in [6, 6.07) is 3.69. The smallest absolute Gasteiger partial charge is 0.242 e. The zero-order valence-corrected chi connectivity index (χ0v) is 13.1. The number of halogens is 1. The van der Waals surface area contributed by atoms with Crippen LogP contribution in [0.1, 0.15) is 38.4 Å². The maximum absolute atomic E-state index is 12.5. The Bertz CT molecular complexity index is 460. The molecule has 4 nitrogen and oxygen atoms in total. The van der Waals surface area contributed by atoms with Gasteiger partial charge >= 0.3 is 0 Å². The van der Waals surface area contributed by atoms with Gasteiger partial charge in [-0.1, -0.05) is 19.8 Å². The first-order valence-corrected chi connectivity index (χ1v) is 7.49. The summed E-state index contributed by atoms with van der Waals surface area (Å²) in [6.45, 7) is 2.62. The summed E-state index contributed by atoms with van der Waals surface area (Å²) >= 11 is 3.26. The molecule has 1 amide bonds. The average molecular weight is 329 g/mol. The van der Waals surface area contributed by atoms with Crippen molar-refractivity contribution in [2.24, 2.45) is 11.7 Å². The van der Waals surface area contributed by atoms with Gasteiger partial charge in [0.15, 0.2) is 4.67 Å². The maximum Gasteiger partial charge on any atom is 0.242 e. The summed E-state index contributed by atoms with van der Waals surface area (Å²) < 4.78 is 6.11. The third-order valence-corrected chi connectivity index (χ3v) is 4.25. The number of furan rings is 1. The number of amides is 1. The van der Waals surface area contributed by atoms with Crippen LogP contribution in [0.5, 0.6) is 0 Å². The zero-order valence-electron chi connectivity index (χ0n) is 11.5. The van der Waals surface area contributed by atoms with Crippen LogP contribution >= 0.6 is 15.9 Å². The molecule has 1 aliphatic carbocycles. The van der Waals surface area contributed by atoms with Gasteiger partial charge in [-0.05, 0) is 46.8 Å². The summed E-state index contributed by atoms with van der Waals surface area (Å²) in [7, 11) is 1.78. The molecule has 0 saturated heterocycles. The van der Waals surface area contributed by atoms with Crippen LogP contribution in [-0.2, 0) is 11.3 Å². The molecule has 1 aromatic heterocycles. The van der Waals surface area contributed by atoms with Crippen molar-refractivity contribution in [1.82, 2.24) is 4.90 Å². The van der Waals surface area contributed by atoms with Gasteiger partial charge in [0, 0.05) is 7.05 Å². The molecule has 0 spiro atoms. The minimum absolute atomic E-state index is 0.0200. The Morgan fingerprint density at radius 1 is 1.63 bits per heavy atom. The average Bonchev–Trinajstić information content (AvgIpc) is 2.73. The van der Waals surface area contributed by atoms with E-state index < -0.39 is 5.54 Å². The van der Waals surface area contributed by atoms with Crippen molar-refractivity contribution >= 4 is 21.8 Å². The number of rotatable bonds is 3. The molecule has 0 bridgehead atoms. The van der Waals surface area contributed by atoms with Gasteiger partial charge in [0.2, 0.25) is 5.91 Å². The molecule has 2 unspecified atom stereocenters. The van der Waals surface area contributed by atoms with Crippen molar-refractivity contribution in [2.45, 2.75) is 44.7 Å². The third kappa shape index (κ3) is 3.39. The van der Waals surface area contributed by atoms with Crippen LogP contribution in [0, 0.1) is 5.92 Å². The van der Waals surface area contributed by atoms with Crippen LogP contribution in [0.25, 0.3) is 0 Å². The molecule has 19 heavy (non-hydrogen) atoms. The van der Waals surface area contributed by atoms with E-state index >= 15 is 0 Å². The number of nitrogens with two attached hydrogens (primary N) is 1. The lowest BCUT2D eigenvalue weighted by atomic mass is 9.76. The Balaban J connectivity index is 2.01. The predicted molar refractivity (Wildman–Crippen MR) is 77.4 cm³/mol. The second-order valence-corrected chi connectivity index (χ2v) is 6.51. The molecule has 0 aromatic carbocycles. The largest absolute Gasteiger partial charge is 0.452 e. The minimum Gasteiger partial charge on any atom is -0.452 e. The van der Waals surface area contributed by atoms with Crippen LogP contribution in [0.3, 0.4) is 0 Å². The second-order valence-electron chi connectivity index (χ2n) is 5.72. The number of hydrogen-bond donors (Lipinski definition) is 1. The Kier molecular flexibility index (Phi) is 4.36. The Labute approximate surface area is 122 Å². The third-order valence-electron chi connectivity index (χ3n) is 3.83. The van der Waals surface area contributed by atoms with Gasteiger partial charge in [0.05, 0.1) is 12.1 Å². The fourth-order valence-electron chi connectivity index (χ4n) is 2.91. The van der Waals surface area contributed by atoms with Crippen molar-refractivity contribution in [3.05, 3.63) is 22.6 Å². The van der Waals surface area contributed by atoms with Gasteiger partial charge in [-0.25, -0.2) is 0 Å². The van der Waals surface area contributed by atoms with E-state index in [1.165, 1.54) is 6.42 Å². The van der Waals surface area contributed by atoms with Crippen LogP contribution in [-0.4, -0.2) is 23.4 Å². The highest BCUT2D eigenvalue weighted by Crippen LogP contribution is 2.32. The maximum atomic E-state index is 12.5. The lowest BCUT2D eigenvalue weighted by Crippen LogP contribution is -2.56. The molecule has 5 heteroatoms. The molecule has 1 fully saturated rings. The monoisotopic (exact) mass is 328 g/mol. The first-order chi connectivity index (χ1) is 8.90. The normalized spacial score (nSPS) is 27.3. The summed E-state index contributed by atoms with van der Waals surface area (Å²) in [6.07, 6.45) is 3.75. The number of nitrogens with zero attached hydrogens (tertiary/aromatic N) is 1. The van der Waals surface area contributed by atoms with Gasteiger partial charge in [-0.2, -0.15) is 0 Å². The number of carbonyl (C=O) groups is 1. The van der Waals surface area contributed by atoms with Crippen molar-refractivity contribution in [2.75, 3.05) is 7.05 Å². The first-order valence-electron chi connectivity index (χ1n) is 6.69. The molecule has 2 N–H and O–H groups in total. The first kappa shape index (κ1) is 14.6. The fraction of sp³-hybridized carbons (Fsp3) is 0.643.